The quantitative estimate of drug-likeness (QED) is 0.572. The first-order valence-corrected chi connectivity index (χ1v) is 9.75. The third kappa shape index (κ3) is 5.53. The number of carbonyl (C=O) groups excluding carboxylic acids is 1. The largest absolute Gasteiger partial charge is 0.490 e. The second-order valence-electron chi connectivity index (χ2n) is 6.98. The predicted molar refractivity (Wildman–Crippen MR) is 102 cm³/mol. The molecule has 1 aliphatic rings. The summed E-state index contributed by atoms with van der Waals surface area (Å²) >= 11 is 6.40. The first kappa shape index (κ1) is 19.9. The van der Waals surface area contributed by atoms with Crippen molar-refractivity contribution in [2.75, 3.05) is 19.8 Å². The molecule has 0 saturated heterocycles. The van der Waals surface area contributed by atoms with E-state index in [9.17, 15) is 4.79 Å². The van der Waals surface area contributed by atoms with Gasteiger partial charge in [-0.3, -0.25) is 4.79 Å². The normalized spacial score (nSPS) is 13.8. The number of rotatable bonds is 10. The van der Waals surface area contributed by atoms with Crippen LogP contribution in [0.3, 0.4) is 0 Å². The van der Waals surface area contributed by atoms with Gasteiger partial charge >= 0.3 is 0 Å². The fourth-order valence-electron chi connectivity index (χ4n) is 2.70. The number of carbonyl (C=O) groups is 1. The van der Waals surface area contributed by atoms with Gasteiger partial charge in [0.05, 0.1) is 18.2 Å². The first-order chi connectivity index (χ1) is 12.0. The number of hydrogen-bond donors (Lipinski definition) is 0. The van der Waals surface area contributed by atoms with E-state index < -0.39 is 0 Å². The molecule has 1 aromatic rings. The summed E-state index contributed by atoms with van der Waals surface area (Å²) in [5.74, 6) is 1.68. The predicted octanol–water partition coefficient (Wildman–Crippen LogP) is 5.18. The highest BCUT2D eigenvalue weighted by Gasteiger charge is 2.33. The summed E-state index contributed by atoms with van der Waals surface area (Å²) in [6.07, 6.45) is 4.07. The molecule has 1 fully saturated rings. The summed E-state index contributed by atoms with van der Waals surface area (Å²) in [5.41, 5.74) is 0.577. The highest BCUT2D eigenvalue weighted by Crippen LogP contribution is 2.38. The van der Waals surface area contributed by atoms with Gasteiger partial charge in [0, 0.05) is 18.2 Å². The van der Waals surface area contributed by atoms with Gasteiger partial charge in [-0.05, 0) is 50.7 Å². The summed E-state index contributed by atoms with van der Waals surface area (Å²) in [5, 5.41) is 0.433. The molecular formula is C20H30ClNO3. The number of amides is 1. The van der Waals surface area contributed by atoms with E-state index in [0.29, 0.717) is 47.3 Å². The Kier molecular flexibility index (Phi) is 7.42. The average Bonchev–Trinajstić information content (AvgIpc) is 3.39. The van der Waals surface area contributed by atoms with Crippen molar-refractivity contribution in [1.82, 2.24) is 4.90 Å². The van der Waals surface area contributed by atoms with Crippen LogP contribution < -0.4 is 9.47 Å². The van der Waals surface area contributed by atoms with Crippen molar-refractivity contribution in [1.29, 1.82) is 0 Å². The van der Waals surface area contributed by atoms with Gasteiger partial charge in [-0.15, -0.1) is 0 Å². The lowest BCUT2D eigenvalue weighted by Gasteiger charge is -2.24. The molecule has 0 radical (unpaired) electrons. The van der Waals surface area contributed by atoms with E-state index in [4.69, 9.17) is 21.1 Å². The number of hydrogen-bond acceptors (Lipinski definition) is 3. The Balaban J connectivity index is 2.25. The maximum atomic E-state index is 13.0. The van der Waals surface area contributed by atoms with Crippen LogP contribution >= 0.6 is 11.6 Å². The molecule has 1 aliphatic carbocycles. The van der Waals surface area contributed by atoms with Crippen molar-refractivity contribution in [2.24, 2.45) is 5.92 Å². The van der Waals surface area contributed by atoms with Gasteiger partial charge < -0.3 is 14.4 Å². The van der Waals surface area contributed by atoms with E-state index in [2.05, 4.69) is 13.8 Å². The summed E-state index contributed by atoms with van der Waals surface area (Å²) in [7, 11) is 0. The lowest BCUT2D eigenvalue weighted by atomic mass is 10.1. The molecule has 0 spiro atoms. The SMILES string of the molecule is CCCOc1c(Cl)cc(C(=O)N(CCC(C)C)C2CC2)cc1OCC. The van der Waals surface area contributed by atoms with Crippen molar-refractivity contribution < 1.29 is 14.3 Å². The molecule has 25 heavy (non-hydrogen) atoms. The fraction of sp³-hybridized carbons (Fsp3) is 0.650. The van der Waals surface area contributed by atoms with Gasteiger partial charge in [-0.1, -0.05) is 32.4 Å². The lowest BCUT2D eigenvalue weighted by molar-refractivity contribution is 0.0735. The Labute approximate surface area is 156 Å². The summed E-state index contributed by atoms with van der Waals surface area (Å²) in [6.45, 7) is 10.2. The van der Waals surface area contributed by atoms with Gasteiger partial charge in [0.15, 0.2) is 11.5 Å². The number of ether oxygens (including phenoxy) is 2. The van der Waals surface area contributed by atoms with Crippen LogP contribution in [0.5, 0.6) is 11.5 Å². The Bertz CT molecular complexity index is 585. The van der Waals surface area contributed by atoms with Crippen LogP contribution in [0.4, 0.5) is 0 Å². The summed E-state index contributed by atoms with van der Waals surface area (Å²) < 4.78 is 11.4. The van der Waals surface area contributed by atoms with Crippen LogP contribution in [0, 0.1) is 5.92 Å². The van der Waals surface area contributed by atoms with Crippen LogP contribution in [0.1, 0.15) is 63.7 Å². The smallest absolute Gasteiger partial charge is 0.254 e. The topological polar surface area (TPSA) is 38.8 Å². The zero-order valence-electron chi connectivity index (χ0n) is 15.8. The minimum absolute atomic E-state index is 0.0352. The molecule has 1 aromatic carbocycles. The molecule has 0 bridgehead atoms. The standard InChI is InChI=1S/C20H30ClNO3/c1-5-11-25-19-17(21)12-15(13-18(19)24-6-2)20(23)22(16-7-8-16)10-9-14(3)4/h12-14,16H,5-11H2,1-4H3. The number of halogens is 1. The molecule has 0 aromatic heterocycles. The van der Waals surface area contributed by atoms with E-state index in [-0.39, 0.29) is 5.91 Å². The fourth-order valence-corrected chi connectivity index (χ4v) is 2.96. The van der Waals surface area contributed by atoms with Crippen LogP contribution in [0.2, 0.25) is 5.02 Å². The molecule has 0 unspecified atom stereocenters. The molecule has 5 heteroatoms. The summed E-state index contributed by atoms with van der Waals surface area (Å²) in [4.78, 5) is 15.0. The molecule has 140 valence electrons. The third-order valence-electron chi connectivity index (χ3n) is 4.20. The van der Waals surface area contributed by atoms with Crippen molar-refractivity contribution in [3.8, 4) is 11.5 Å². The molecule has 2 rings (SSSR count). The van der Waals surface area contributed by atoms with Gasteiger partial charge in [0.1, 0.15) is 0 Å². The Morgan fingerprint density at radius 2 is 2.00 bits per heavy atom. The third-order valence-corrected chi connectivity index (χ3v) is 4.48. The zero-order chi connectivity index (χ0) is 18.4. The second-order valence-corrected chi connectivity index (χ2v) is 7.39. The van der Waals surface area contributed by atoms with Crippen LogP contribution in [0.25, 0.3) is 0 Å². The van der Waals surface area contributed by atoms with E-state index >= 15 is 0 Å². The van der Waals surface area contributed by atoms with E-state index in [1.807, 2.05) is 18.7 Å². The minimum Gasteiger partial charge on any atom is -0.490 e. The number of benzene rings is 1. The van der Waals surface area contributed by atoms with Crippen LogP contribution in [-0.4, -0.2) is 36.6 Å². The highest BCUT2D eigenvalue weighted by atomic mass is 35.5. The van der Waals surface area contributed by atoms with Gasteiger partial charge in [-0.2, -0.15) is 0 Å². The maximum Gasteiger partial charge on any atom is 0.254 e. The average molecular weight is 368 g/mol. The molecule has 1 amide bonds. The molecule has 0 atom stereocenters. The molecule has 4 nitrogen and oxygen atoms in total. The van der Waals surface area contributed by atoms with Crippen molar-refractivity contribution >= 4 is 17.5 Å². The number of nitrogens with zero attached hydrogens (tertiary/aromatic N) is 1. The first-order valence-electron chi connectivity index (χ1n) is 9.38. The van der Waals surface area contributed by atoms with E-state index in [0.717, 1.165) is 32.2 Å². The summed E-state index contributed by atoms with van der Waals surface area (Å²) in [6, 6.07) is 3.85. The van der Waals surface area contributed by atoms with Crippen molar-refractivity contribution in [3.05, 3.63) is 22.7 Å². The molecule has 0 aliphatic heterocycles. The Hall–Kier alpha value is -1.42. The maximum absolute atomic E-state index is 13.0. The van der Waals surface area contributed by atoms with E-state index in [1.54, 1.807) is 12.1 Å². The lowest BCUT2D eigenvalue weighted by Crippen LogP contribution is -2.34. The van der Waals surface area contributed by atoms with Crippen molar-refractivity contribution in [2.45, 2.75) is 59.4 Å². The van der Waals surface area contributed by atoms with Crippen molar-refractivity contribution in [3.63, 3.8) is 0 Å². The van der Waals surface area contributed by atoms with Gasteiger partial charge in [0.25, 0.3) is 5.91 Å². The van der Waals surface area contributed by atoms with Crippen LogP contribution in [0.15, 0.2) is 12.1 Å². The second kappa shape index (κ2) is 9.33. The molecule has 1 saturated carbocycles. The van der Waals surface area contributed by atoms with E-state index in [1.165, 1.54) is 0 Å². The molecule has 0 N–H and O–H groups in total. The zero-order valence-corrected chi connectivity index (χ0v) is 16.6. The van der Waals surface area contributed by atoms with Crippen LogP contribution in [-0.2, 0) is 0 Å². The highest BCUT2D eigenvalue weighted by molar-refractivity contribution is 6.32. The van der Waals surface area contributed by atoms with Gasteiger partial charge in [-0.25, -0.2) is 0 Å². The monoisotopic (exact) mass is 367 g/mol. The minimum atomic E-state index is 0.0352. The Morgan fingerprint density at radius 1 is 1.28 bits per heavy atom. The molecule has 0 heterocycles. The van der Waals surface area contributed by atoms with Gasteiger partial charge in [0.2, 0.25) is 0 Å². The molecular weight excluding hydrogens is 338 g/mol. The Morgan fingerprint density at radius 3 is 2.56 bits per heavy atom.